The molecule has 0 saturated heterocycles. The molecule has 0 bridgehead atoms. The number of carbonyl (C=O) groups is 4. The van der Waals surface area contributed by atoms with Crippen LogP contribution < -0.4 is 5.32 Å². The van der Waals surface area contributed by atoms with Crippen LogP contribution in [0.15, 0.2) is 72.8 Å². The summed E-state index contributed by atoms with van der Waals surface area (Å²) in [5.41, 5.74) is 3.72. The molecular weight excluding hydrogens is 460 g/mol. The van der Waals surface area contributed by atoms with Gasteiger partial charge in [0.1, 0.15) is 6.61 Å². The fourth-order valence-corrected chi connectivity index (χ4v) is 4.70. The van der Waals surface area contributed by atoms with Crippen molar-refractivity contribution in [3.05, 3.63) is 95.1 Å². The first-order valence-electron chi connectivity index (χ1n) is 11.6. The van der Waals surface area contributed by atoms with Crippen molar-refractivity contribution in [2.45, 2.75) is 31.7 Å². The second-order valence-electron chi connectivity index (χ2n) is 9.42. The van der Waals surface area contributed by atoms with Crippen molar-refractivity contribution in [3.63, 3.8) is 0 Å². The predicted molar refractivity (Wildman–Crippen MR) is 130 cm³/mol. The summed E-state index contributed by atoms with van der Waals surface area (Å²) in [6.07, 6.45) is -0.972. The fourth-order valence-electron chi connectivity index (χ4n) is 4.70. The van der Waals surface area contributed by atoms with Crippen LogP contribution in [0.5, 0.6) is 0 Å². The molecule has 0 radical (unpaired) electrons. The molecule has 0 saturated carbocycles. The lowest BCUT2D eigenvalue weighted by atomic mass is 9.98. The Labute approximate surface area is 207 Å². The Hall–Kier alpha value is -4.46. The van der Waals surface area contributed by atoms with E-state index in [-0.39, 0.29) is 30.1 Å². The lowest BCUT2D eigenvalue weighted by Gasteiger charge is -2.26. The number of nitrogens with one attached hydrogen (secondary N) is 1. The summed E-state index contributed by atoms with van der Waals surface area (Å²) in [6.45, 7) is 3.38. The van der Waals surface area contributed by atoms with E-state index < -0.39 is 29.4 Å². The lowest BCUT2D eigenvalue weighted by molar-refractivity contribution is -0.169. The summed E-state index contributed by atoms with van der Waals surface area (Å²) in [4.78, 5) is 55.0. The average Bonchev–Trinajstić information content (AvgIpc) is 3.29. The molecule has 0 aromatic heterocycles. The molecular formula is C28H24N2O6. The Balaban J connectivity index is 1.18. The number of nitrogens with zero attached hydrogens (tertiary/aromatic N) is 1. The number of amides is 3. The van der Waals surface area contributed by atoms with Gasteiger partial charge in [-0.3, -0.25) is 9.59 Å². The van der Waals surface area contributed by atoms with E-state index in [4.69, 9.17) is 9.57 Å². The fraction of sp³-hybridized carbons (Fsp3) is 0.214. The highest BCUT2D eigenvalue weighted by atomic mass is 16.7. The molecule has 2 aliphatic rings. The number of hydrogen-bond donors (Lipinski definition) is 1. The van der Waals surface area contributed by atoms with Gasteiger partial charge in [-0.2, -0.15) is 0 Å². The number of fused-ring (bicyclic) bond motifs is 4. The molecule has 3 amide bonds. The molecule has 3 aromatic carbocycles. The summed E-state index contributed by atoms with van der Waals surface area (Å²) in [5, 5.41) is 3.13. The van der Waals surface area contributed by atoms with Crippen molar-refractivity contribution < 1.29 is 28.8 Å². The molecule has 182 valence electrons. The largest absolute Gasteiger partial charge is 0.449 e. The monoisotopic (exact) mass is 484 g/mol. The minimum atomic E-state index is -1.06. The van der Waals surface area contributed by atoms with Gasteiger partial charge in [0.25, 0.3) is 11.8 Å². The number of hydrogen-bond acceptors (Lipinski definition) is 6. The molecule has 0 fully saturated rings. The van der Waals surface area contributed by atoms with Crippen molar-refractivity contribution in [1.29, 1.82) is 0 Å². The molecule has 0 atom stereocenters. The molecule has 8 nitrogen and oxygen atoms in total. The molecule has 1 aliphatic carbocycles. The highest BCUT2D eigenvalue weighted by molar-refractivity contribution is 6.20. The van der Waals surface area contributed by atoms with Crippen LogP contribution in [0.3, 0.4) is 0 Å². The Morgan fingerprint density at radius 2 is 1.28 bits per heavy atom. The van der Waals surface area contributed by atoms with Crippen LogP contribution in [0.4, 0.5) is 4.79 Å². The Morgan fingerprint density at radius 1 is 0.806 bits per heavy atom. The van der Waals surface area contributed by atoms with Crippen molar-refractivity contribution >= 4 is 23.9 Å². The van der Waals surface area contributed by atoms with E-state index in [9.17, 15) is 19.2 Å². The number of rotatable bonds is 6. The standard InChI is InChI=1S/C28H24N2O6/c1-28(2,15-24(31)36-30-25(32)21-13-7-8-14-22(21)26(30)33)29-27(34)35-16-23-19-11-5-3-9-17(19)18-10-4-6-12-20(18)23/h3-14,23H,15-16H2,1-2H3,(H,29,34). The van der Waals surface area contributed by atoms with E-state index in [1.165, 1.54) is 12.1 Å². The van der Waals surface area contributed by atoms with E-state index >= 15 is 0 Å². The first kappa shape index (κ1) is 23.3. The van der Waals surface area contributed by atoms with E-state index in [1.54, 1.807) is 26.0 Å². The van der Waals surface area contributed by atoms with Gasteiger partial charge in [0.2, 0.25) is 0 Å². The van der Waals surface area contributed by atoms with Crippen LogP contribution in [0.2, 0.25) is 0 Å². The minimum absolute atomic E-state index is 0.0925. The molecule has 36 heavy (non-hydrogen) atoms. The van der Waals surface area contributed by atoms with Gasteiger partial charge in [0.05, 0.1) is 17.5 Å². The van der Waals surface area contributed by atoms with Crippen molar-refractivity contribution in [1.82, 2.24) is 10.4 Å². The summed E-state index contributed by atoms with van der Waals surface area (Å²) in [6, 6.07) is 22.3. The van der Waals surface area contributed by atoms with Gasteiger partial charge in [0.15, 0.2) is 0 Å². The highest BCUT2D eigenvalue weighted by Gasteiger charge is 2.39. The number of benzene rings is 3. The topological polar surface area (TPSA) is 102 Å². The zero-order valence-corrected chi connectivity index (χ0v) is 19.8. The van der Waals surface area contributed by atoms with Gasteiger partial charge in [-0.15, -0.1) is 0 Å². The van der Waals surface area contributed by atoms with Gasteiger partial charge < -0.3 is 14.9 Å². The molecule has 8 heteroatoms. The summed E-state index contributed by atoms with van der Waals surface area (Å²) in [7, 11) is 0. The maximum atomic E-state index is 12.6. The third-order valence-corrected chi connectivity index (χ3v) is 6.32. The quantitative estimate of drug-likeness (QED) is 0.519. The molecule has 3 aromatic rings. The van der Waals surface area contributed by atoms with Crippen LogP contribution in [0.25, 0.3) is 11.1 Å². The second-order valence-corrected chi connectivity index (χ2v) is 9.42. The van der Waals surface area contributed by atoms with Gasteiger partial charge in [-0.05, 0) is 48.2 Å². The van der Waals surface area contributed by atoms with Crippen molar-refractivity contribution in [2.24, 2.45) is 0 Å². The number of carbonyl (C=O) groups excluding carboxylic acids is 4. The number of alkyl carbamates (subject to hydrolysis) is 1. The van der Waals surface area contributed by atoms with Crippen LogP contribution in [-0.4, -0.2) is 41.1 Å². The maximum absolute atomic E-state index is 12.6. The van der Waals surface area contributed by atoms with E-state index in [1.807, 2.05) is 36.4 Å². The summed E-state index contributed by atoms with van der Waals surface area (Å²) >= 11 is 0. The zero-order chi connectivity index (χ0) is 25.4. The lowest BCUT2D eigenvalue weighted by Crippen LogP contribution is -2.46. The van der Waals surface area contributed by atoms with Crippen molar-refractivity contribution in [2.75, 3.05) is 6.61 Å². The van der Waals surface area contributed by atoms with Crippen LogP contribution >= 0.6 is 0 Å². The Morgan fingerprint density at radius 3 is 1.81 bits per heavy atom. The number of hydroxylamine groups is 2. The van der Waals surface area contributed by atoms with Gasteiger partial charge in [0, 0.05) is 11.5 Å². The van der Waals surface area contributed by atoms with E-state index in [0.29, 0.717) is 5.06 Å². The predicted octanol–water partition coefficient (Wildman–Crippen LogP) is 4.45. The number of imide groups is 1. The normalized spacial score (nSPS) is 14.2. The van der Waals surface area contributed by atoms with Gasteiger partial charge in [-0.1, -0.05) is 65.7 Å². The molecule has 1 aliphatic heterocycles. The third kappa shape index (κ3) is 4.22. The second kappa shape index (κ2) is 8.96. The number of ether oxygens (including phenoxy) is 1. The Kier molecular flexibility index (Phi) is 5.80. The summed E-state index contributed by atoms with van der Waals surface area (Å²) < 4.78 is 5.55. The zero-order valence-electron chi connectivity index (χ0n) is 19.8. The van der Waals surface area contributed by atoms with Crippen LogP contribution in [0, 0.1) is 0 Å². The van der Waals surface area contributed by atoms with Gasteiger partial charge >= 0.3 is 12.1 Å². The molecule has 1 N–H and O–H groups in total. The molecule has 0 spiro atoms. The Bertz CT molecular complexity index is 1320. The molecule has 5 rings (SSSR count). The van der Waals surface area contributed by atoms with Crippen LogP contribution in [0.1, 0.15) is 58.0 Å². The highest BCUT2D eigenvalue weighted by Crippen LogP contribution is 2.44. The average molecular weight is 485 g/mol. The SMILES string of the molecule is CC(C)(CC(=O)ON1C(=O)c2ccccc2C1=O)NC(=O)OCC1c2ccccc2-c2ccccc21. The maximum Gasteiger partial charge on any atom is 0.407 e. The third-order valence-electron chi connectivity index (χ3n) is 6.32. The van der Waals surface area contributed by atoms with Crippen LogP contribution in [-0.2, 0) is 14.4 Å². The molecule has 1 heterocycles. The minimum Gasteiger partial charge on any atom is -0.449 e. The van der Waals surface area contributed by atoms with E-state index in [0.717, 1.165) is 22.3 Å². The first-order valence-corrected chi connectivity index (χ1v) is 11.6. The smallest absolute Gasteiger partial charge is 0.407 e. The molecule has 0 unspecified atom stereocenters. The first-order chi connectivity index (χ1) is 17.2. The van der Waals surface area contributed by atoms with E-state index in [2.05, 4.69) is 17.4 Å². The summed E-state index contributed by atoms with van der Waals surface area (Å²) in [5.74, 6) is -2.34. The van der Waals surface area contributed by atoms with Crippen molar-refractivity contribution in [3.8, 4) is 11.1 Å². The van der Waals surface area contributed by atoms with Gasteiger partial charge in [-0.25, -0.2) is 9.59 Å².